The van der Waals surface area contributed by atoms with Crippen LogP contribution in [0.15, 0.2) is 48.6 Å². The molecule has 0 aliphatic rings. The molecule has 0 N–H and O–H groups in total. The van der Waals surface area contributed by atoms with Crippen LogP contribution in [0.2, 0.25) is 0 Å². The van der Waals surface area contributed by atoms with Crippen molar-refractivity contribution in [2.75, 3.05) is 13.2 Å². The number of hydrogen-bond donors (Lipinski definition) is 0. The van der Waals surface area contributed by atoms with Crippen molar-refractivity contribution in [3.05, 3.63) is 48.6 Å². The van der Waals surface area contributed by atoms with Crippen molar-refractivity contribution in [2.45, 2.75) is 303 Å². The van der Waals surface area contributed by atoms with Crippen LogP contribution in [-0.4, -0.2) is 37.2 Å². The summed E-state index contributed by atoms with van der Waals surface area (Å²) in [5.41, 5.74) is 0. The molecule has 0 saturated carbocycles. The second-order valence-electron chi connectivity index (χ2n) is 19.2. The minimum atomic E-state index is -0.791. The van der Waals surface area contributed by atoms with Gasteiger partial charge in [0.1, 0.15) is 13.2 Å². The van der Waals surface area contributed by atoms with Crippen molar-refractivity contribution in [1.29, 1.82) is 0 Å². The Kier molecular flexibility index (Phi) is 52.8. The van der Waals surface area contributed by atoms with E-state index in [-0.39, 0.29) is 37.5 Å². The zero-order valence-corrected chi connectivity index (χ0v) is 44.0. The minimum Gasteiger partial charge on any atom is -0.462 e. The fraction of sp³-hybridized carbons (Fsp3) is 0.817. The van der Waals surface area contributed by atoms with Crippen LogP contribution in [0.5, 0.6) is 0 Å². The Bertz CT molecular complexity index is 1150. The number of esters is 3. The Morgan fingerprint density at radius 1 is 0.318 bits per heavy atom. The summed E-state index contributed by atoms with van der Waals surface area (Å²) in [7, 11) is 0. The van der Waals surface area contributed by atoms with Crippen LogP contribution in [0.4, 0.5) is 0 Å². The molecule has 0 saturated heterocycles. The summed E-state index contributed by atoms with van der Waals surface area (Å²) in [6, 6.07) is 0. The third-order valence-electron chi connectivity index (χ3n) is 12.6. The highest BCUT2D eigenvalue weighted by Crippen LogP contribution is 2.17. The predicted molar refractivity (Wildman–Crippen MR) is 284 cm³/mol. The molecule has 0 rings (SSSR count). The molecule has 6 heteroatoms. The summed E-state index contributed by atoms with van der Waals surface area (Å²) in [4.78, 5) is 38.1. The quantitative estimate of drug-likeness (QED) is 0.0262. The molecule has 0 radical (unpaired) electrons. The lowest BCUT2D eigenvalue weighted by Gasteiger charge is -2.18. The van der Waals surface area contributed by atoms with E-state index in [4.69, 9.17) is 14.2 Å². The second kappa shape index (κ2) is 55.0. The van der Waals surface area contributed by atoms with Crippen molar-refractivity contribution in [1.82, 2.24) is 0 Å². The minimum absolute atomic E-state index is 0.0855. The van der Waals surface area contributed by atoms with E-state index in [1.165, 1.54) is 173 Å². The Morgan fingerprint density at radius 2 is 0.591 bits per heavy atom. The summed E-state index contributed by atoms with van der Waals surface area (Å²) in [5.74, 6) is -0.911. The number of unbranched alkanes of at least 4 members (excludes halogenated alkanes) is 33. The molecule has 0 unspecified atom stereocenters. The van der Waals surface area contributed by atoms with Gasteiger partial charge in [0, 0.05) is 19.3 Å². The lowest BCUT2D eigenvalue weighted by molar-refractivity contribution is -0.167. The summed E-state index contributed by atoms with van der Waals surface area (Å²) in [6.07, 6.45) is 66.8. The Balaban J connectivity index is 4.38. The fourth-order valence-electron chi connectivity index (χ4n) is 8.32. The number of allylic oxidation sites excluding steroid dienone is 8. The molecule has 0 aromatic heterocycles. The lowest BCUT2D eigenvalue weighted by Crippen LogP contribution is -2.30. The van der Waals surface area contributed by atoms with Gasteiger partial charge in [-0.1, -0.05) is 268 Å². The average Bonchev–Trinajstić information content (AvgIpc) is 3.31. The van der Waals surface area contributed by atoms with Gasteiger partial charge in [-0.05, 0) is 57.8 Å². The van der Waals surface area contributed by atoms with E-state index >= 15 is 0 Å². The van der Waals surface area contributed by atoms with E-state index in [1.807, 2.05) is 0 Å². The maximum absolute atomic E-state index is 12.8. The molecular formula is C60H108O6. The first-order valence-corrected chi connectivity index (χ1v) is 28.6. The number of rotatable bonds is 52. The highest BCUT2D eigenvalue weighted by atomic mass is 16.6. The first kappa shape index (κ1) is 63.4. The second-order valence-corrected chi connectivity index (χ2v) is 19.2. The van der Waals surface area contributed by atoms with E-state index in [1.54, 1.807) is 0 Å². The maximum atomic E-state index is 12.8. The first-order chi connectivity index (χ1) is 32.5. The molecule has 66 heavy (non-hydrogen) atoms. The molecule has 0 aromatic carbocycles. The molecule has 0 aromatic rings. The zero-order chi connectivity index (χ0) is 47.9. The molecule has 6 nitrogen and oxygen atoms in total. The van der Waals surface area contributed by atoms with Gasteiger partial charge < -0.3 is 14.2 Å². The van der Waals surface area contributed by atoms with Crippen molar-refractivity contribution < 1.29 is 28.6 Å². The van der Waals surface area contributed by atoms with E-state index in [0.29, 0.717) is 19.3 Å². The number of ether oxygens (including phenoxy) is 3. The molecular weight excluding hydrogens is 817 g/mol. The van der Waals surface area contributed by atoms with Gasteiger partial charge in [-0.15, -0.1) is 0 Å². The Hall–Kier alpha value is -2.63. The molecule has 0 aliphatic carbocycles. The molecule has 384 valence electrons. The number of carbonyl (C=O) groups is 3. The van der Waals surface area contributed by atoms with Gasteiger partial charge in [-0.25, -0.2) is 0 Å². The molecule has 0 aliphatic heterocycles. The van der Waals surface area contributed by atoms with Crippen LogP contribution < -0.4 is 0 Å². The molecule has 0 amide bonds. The van der Waals surface area contributed by atoms with Crippen molar-refractivity contribution in [3.8, 4) is 0 Å². The maximum Gasteiger partial charge on any atom is 0.306 e. The van der Waals surface area contributed by atoms with Crippen LogP contribution in [0.25, 0.3) is 0 Å². The highest BCUT2D eigenvalue weighted by Gasteiger charge is 2.19. The Labute approximate surface area is 409 Å². The summed E-state index contributed by atoms with van der Waals surface area (Å²) in [5, 5.41) is 0. The normalized spacial score (nSPS) is 12.3. The Morgan fingerprint density at radius 3 is 0.924 bits per heavy atom. The van der Waals surface area contributed by atoms with E-state index in [0.717, 1.165) is 77.0 Å². The van der Waals surface area contributed by atoms with Crippen LogP contribution in [-0.2, 0) is 28.6 Å². The third-order valence-corrected chi connectivity index (χ3v) is 12.6. The average molecular weight is 926 g/mol. The molecule has 0 bridgehead atoms. The van der Waals surface area contributed by atoms with Crippen molar-refractivity contribution in [2.24, 2.45) is 0 Å². The van der Waals surface area contributed by atoms with Gasteiger partial charge in [0.25, 0.3) is 0 Å². The van der Waals surface area contributed by atoms with Gasteiger partial charge in [0.15, 0.2) is 6.10 Å². The van der Waals surface area contributed by atoms with Gasteiger partial charge in [-0.2, -0.15) is 0 Å². The van der Waals surface area contributed by atoms with Crippen LogP contribution >= 0.6 is 0 Å². The number of hydrogen-bond acceptors (Lipinski definition) is 6. The molecule has 0 fully saturated rings. The lowest BCUT2D eigenvalue weighted by atomic mass is 10.0. The van der Waals surface area contributed by atoms with Crippen LogP contribution in [0.1, 0.15) is 297 Å². The first-order valence-electron chi connectivity index (χ1n) is 28.6. The third kappa shape index (κ3) is 52.3. The smallest absolute Gasteiger partial charge is 0.306 e. The monoisotopic (exact) mass is 925 g/mol. The SMILES string of the molecule is CC/C=C\C/C=C\C/C=C\C/C=C\CCCCC(=O)O[C@H](COC(=O)CCCCCCCCCCCCCCCCC)COC(=O)CCCCCCCCCCCCCCCCCCCC. The topological polar surface area (TPSA) is 78.9 Å². The predicted octanol–water partition coefficient (Wildman–Crippen LogP) is 19.0. The van der Waals surface area contributed by atoms with Crippen LogP contribution in [0, 0.1) is 0 Å². The molecule has 0 heterocycles. The van der Waals surface area contributed by atoms with Crippen LogP contribution in [0.3, 0.4) is 0 Å². The van der Waals surface area contributed by atoms with Crippen molar-refractivity contribution >= 4 is 17.9 Å². The van der Waals surface area contributed by atoms with Gasteiger partial charge >= 0.3 is 17.9 Å². The van der Waals surface area contributed by atoms with E-state index in [9.17, 15) is 14.4 Å². The number of carbonyl (C=O) groups excluding carboxylic acids is 3. The van der Waals surface area contributed by atoms with E-state index < -0.39 is 6.10 Å². The summed E-state index contributed by atoms with van der Waals surface area (Å²) >= 11 is 0. The van der Waals surface area contributed by atoms with Gasteiger partial charge in [0.2, 0.25) is 0 Å². The summed E-state index contributed by atoms with van der Waals surface area (Å²) in [6.45, 7) is 6.53. The summed E-state index contributed by atoms with van der Waals surface area (Å²) < 4.78 is 16.8. The molecule has 1 atom stereocenters. The van der Waals surface area contributed by atoms with Gasteiger partial charge in [-0.3, -0.25) is 14.4 Å². The van der Waals surface area contributed by atoms with Gasteiger partial charge in [0.05, 0.1) is 0 Å². The standard InChI is InChI=1S/C60H108O6/c1-4-7-10-13-16-19-22-25-28-29-30-33-35-38-41-44-47-50-53-59(62)65-56-57(66-60(63)54-51-48-45-42-39-36-32-27-24-21-18-15-12-9-6-3)55-64-58(61)52-49-46-43-40-37-34-31-26-23-20-17-14-11-8-5-2/h9,12,18,21,27,32,39,42,57H,4-8,10-11,13-17,19-20,22-26,28-31,33-38,40-41,43-56H2,1-3H3/b12-9-,21-18-,32-27-,42-39-/t57-/m1/s1. The molecule has 0 spiro atoms. The zero-order valence-electron chi connectivity index (χ0n) is 44.0. The largest absolute Gasteiger partial charge is 0.462 e. The highest BCUT2D eigenvalue weighted by molar-refractivity contribution is 5.71. The fourth-order valence-corrected chi connectivity index (χ4v) is 8.32. The van der Waals surface area contributed by atoms with E-state index in [2.05, 4.69) is 69.4 Å². The van der Waals surface area contributed by atoms with Crippen molar-refractivity contribution in [3.63, 3.8) is 0 Å².